The van der Waals surface area contributed by atoms with E-state index in [1.807, 2.05) is 18.2 Å². The molecule has 6 nitrogen and oxygen atoms in total. The number of aliphatic hydroxyl groups is 1. The van der Waals surface area contributed by atoms with Gasteiger partial charge in [-0.1, -0.05) is 24.3 Å². The third-order valence-corrected chi connectivity index (χ3v) is 5.95. The van der Waals surface area contributed by atoms with Crippen LogP contribution in [-0.2, 0) is 30.7 Å². The lowest BCUT2D eigenvalue weighted by molar-refractivity contribution is -0.115. The Kier molecular flexibility index (Phi) is 5.96. The molecule has 176 valence electrons. The number of carbonyl (C=O) groups is 1. The van der Waals surface area contributed by atoms with Gasteiger partial charge in [-0.15, -0.1) is 0 Å². The van der Waals surface area contributed by atoms with Gasteiger partial charge in [0.1, 0.15) is 11.4 Å². The molecular formula is C27H21F2N3O3. The van der Waals surface area contributed by atoms with E-state index in [4.69, 9.17) is 9.97 Å². The van der Waals surface area contributed by atoms with Gasteiger partial charge in [0.15, 0.2) is 17.5 Å². The highest BCUT2D eigenvalue weighted by molar-refractivity contribution is 5.95. The summed E-state index contributed by atoms with van der Waals surface area (Å²) < 4.78 is 26.8. The van der Waals surface area contributed by atoms with Crippen LogP contribution in [0.5, 0.6) is 5.75 Å². The summed E-state index contributed by atoms with van der Waals surface area (Å²) >= 11 is 0. The van der Waals surface area contributed by atoms with E-state index in [-0.39, 0.29) is 24.6 Å². The zero-order chi connectivity index (χ0) is 24.5. The monoisotopic (exact) mass is 473 g/mol. The molecule has 0 saturated heterocycles. The van der Waals surface area contributed by atoms with Crippen LogP contribution in [0.2, 0.25) is 0 Å². The highest BCUT2D eigenvalue weighted by atomic mass is 19.2. The number of fused-ring (bicyclic) bond motifs is 3. The lowest BCUT2D eigenvalue weighted by Gasteiger charge is -2.21. The summed E-state index contributed by atoms with van der Waals surface area (Å²) in [6, 6.07) is 15.4. The van der Waals surface area contributed by atoms with Crippen LogP contribution in [0.25, 0.3) is 22.5 Å². The highest BCUT2D eigenvalue weighted by Gasteiger charge is 2.23. The molecule has 0 unspecified atom stereocenters. The third kappa shape index (κ3) is 4.61. The van der Waals surface area contributed by atoms with Gasteiger partial charge in [0.05, 0.1) is 24.4 Å². The van der Waals surface area contributed by atoms with Crippen LogP contribution in [0, 0.1) is 11.6 Å². The summed E-state index contributed by atoms with van der Waals surface area (Å²) in [5, 5.41) is 22.0. The second kappa shape index (κ2) is 9.23. The van der Waals surface area contributed by atoms with Gasteiger partial charge in [0.25, 0.3) is 0 Å². The van der Waals surface area contributed by atoms with E-state index in [0.29, 0.717) is 35.4 Å². The lowest BCUT2D eigenvalue weighted by Crippen LogP contribution is -2.19. The maximum atomic E-state index is 13.6. The number of rotatable bonds is 5. The second-order valence-electron chi connectivity index (χ2n) is 8.39. The normalized spacial score (nSPS) is 12.1. The summed E-state index contributed by atoms with van der Waals surface area (Å²) in [5.74, 6) is -2.11. The quantitative estimate of drug-likeness (QED) is 0.395. The molecule has 0 radical (unpaired) electrons. The van der Waals surface area contributed by atoms with Crippen molar-refractivity contribution in [1.82, 2.24) is 9.97 Å². The SMILES string of the molecule is O=C(Cc1ccc(F)c(F)c1)Nc1nc2c(nc1-c1ccc(O)cc1)-c1ccc(CO)cc1CC2. The number of hydrogen-bond donors (Lipinski definition) is 3. The molecule has 5 rings (SSSR count). The molecule has 3 N–H and O–H groups in total. The number of aromatic hydroxyl groups is 1. The largest absolute Gasteiger partial charge is 0.508 e. The number of anilines is 1. The summed E-state index contributed by atoms with van der Waals surface area (Å²) in [6.45, 7) is -0.0481. The minimum atomic E-state index is -1.02. The molecule has 3 aromatic carbocycles. The van der Waals surface area contributed by atoms with E-state index in [1.165, 1.54) is 18.2 Å². The van der Waals surface area contributed by atoms with Crippen LogP contribution in [0.15, 0.2) is 60.7 Å². The Labute approximate surface area is 199 Å². The van der Waals surface area contributed by atoms with Crippen molar-refractivity contribution in [2.75, 3.05) is 5.32 Å². The van der Waals surface area contributed by atoms with Crippen molar-refractivity contribution in [3.63, 3.8) is 0 Å². The first kappa shape index (κ1) is 22.6. The molecule has 4 aromatic rings. The predicted molar refractivity (Wildman–Crippen MR) is 127 cm³/mol. The maximum absolute atomic E-state index is 13.6. The second-order valence-corrected chi connectivity index (χ2v) is 8.39. The van der Waals surface area contributed by atoms with Crippen LogP contribution in [0.1, 0.15) is 22.4 Å². The van der Waals surface area contributed by atoms with Crippen molar-refractivity contribution in [2.45, 2.75) is 25.9 Å². The Morgan fingerprint density at radius 1 is 0.886 bits per heavy atom. The number of halogens is 2. The smallest absolute Gasteiger partial charge is 0.230 e. The molecule has 1 aromatic heterocycles. The predicted octanol–water partition coefficient (Wildman–Crippen LogP) is 4.57. The average molecular weight is 473 g/mol. The summed E-state index contributed by atoms with van der Waals surface area (Å²) in [4.78, 5) is 22.4. The number of aromatic nitrogens is 2. The molecule has 1 amide bonds. The molecular weight excluding hydrogens is 452 g/mol. The zero-order valence-electron chi connectivity index (χ0n) is 18.6. The number of hydrogen-bond acceptors (Lipinski definition) is 5. The first-order chi connectivity index (χ1) is 16.9. The van der Waals surface area contributed by atoms with E-state index in [9.17, 15) is 23.8 Å². The van der Waals surface area contributed by atoms with Crippen LogP contribution < -0.4 is 5.32 Å². The van der Waals surface area contributed by atoms with Crippen molar-refractivity contribution in [2.24, 2.45) is 0 Å². The minimum absolute atomic E-state index is 0.0481. The summed E-state index contributed by atoms with van der Waals surface area (Å²) in [5.41, 5.74) is 5.59. The zero-order valence-corrected chi connectivity index (χ0v) is 18.6. The molecule has 1 heterocycles. The number of amides is 1. The van der Waals surface area contributed by atoms with E-state index >= 15 is 0 Å². The Hall–Kier alpha value is -4.17. The number of aryl methyl sites for hydroxylation is 2. The number of nitrogens with one attached hydrogen (secondary N) is 1. The van der Waals surface area contributed by atoms with Gasteiger partial charge in [-0.3, -0.25) is 4.79 Å². The van der Waals surface area contributed by atoms with E-state index in [2.05, 4.69) is 5.32 Å². The van der Waals surface area contributed by atoms with Gasteiger partial charge in [0.2, 0.25) is 5.91 Å². The van der Waals surface area contributed by atoms with Crippen LogP contribution in [-0.4, -0.2) is 26.1 Å². The van der Waals surface area contributed by atoms with Crippen molar-refractivity contribution in [3.8, 4) is 28.3 Å². The Bertz CT molecular complexity index is 1440. The number of phenols is 1. The topological polar surface area (TPSA) is 95.3 Å². The summed E-state index contributed by atoms with van der Waals surface area (Å²) in [7, 11) is 0. The third-order valence-electron chi connectivity index (χ3n) is 5.95. The molecule has 1 aliphatic carbocycles. The maximum Gasteiger partial charge on any atom is 0.230 e. The van der Waals surface area contributed by atoms with Crippen LogP contribution in [0.4, 0.5) is 14.6 Å². The molecule has 0 spiro atoms. The average Bonchev–Trinajstić information content (AvgIpc) is 2.86. The lowest BCUT2D eigenvalue weighted by atomic mass is 9.90. The molecule has 1 aliphatic rings. The van der Waals surface area contributed by atoms with Crippen molar-refractivity contribution in [1.29, 1.82) is 0 Å². The molecule has 0 bridgehead atoms. The van der Waals surface area contributed by atoms with Gasteiger partial charge < -0.3 is 15.5 Å². The molecule has 0 saturated carbocycles. The number of aliphatic hydroxyl groups excluding tert-OH is 1. The van der Waals surface area contributed by atoms with Crippen molar-refractivity contribution >= 4 is 11.7 Å². The minimum Gasteiger partial charge on any atom is -0.508 e. The number of phenolic OH excluding ortho intramolecular Hbond substituents is 1. The summed E-state index contributed by atoms with van der Waals surface area (Å²) in [6.07, 6.45) is 1.15. The molecule has 0 aliphatic heterocycles. The fraction of sp³-hybridized carbons (Fsp3) is 0.148. The van der Waals surface area contributed by atoms with Gasteiger partial charge in [-0.05, 0) is 65.9 Å². The van der Waals surface area contributed by atoms with Gasteiger partial charge >= 0.3 is 0 Å². The number of benzene rings is 3. The van der Waals surface area contributed by atoms with Gasteiger partial charge in [-0.25, -0.2) is 18.7 Å². The number of carbonyl (C=O) groups excluding carboxylic acids is 1. The van der Waals surface area contributed by atoms with Gasteiger partial charge in [-0.2, -0.15) is 0 Å². The fourth-order valence-electron chi connectivity index (χ4n) is 4.22. The molecule has 8 heteroatoms. The Balaban J connectivity index is 1.54. The van der Waals surface area contributed by atoms with E-state index in [1.54, 1.807) is 12.1 Å². The standard InChI is InChI=1S/C27H21F2N3O3/c28-21-9-2-15(12-22(21)29)13-24(35)31-27-25(17-3-6-19(34)7-4-17)32-26-20-8-1-16(14-33)11-18(20)5-10-23(26)30-27/h1-4,6-9,11-12,33-34H,5,10,13-14H2,(H,30,31,35). The molecule has 0 fully saturated rings. The van der Waals surface area contributed by atoms with Crippen LogP contribution >= 0.6 is 0 Å². The number of nitrogens with zero attached hydrogens (tertiary/aromatic N) is 2. The van der Waals surface area contributed by atoms with Crippen LogP contribution in [0.3, 0.4) is 0 Å². The molecule has 35 heavy (non-hydrogen) atoms. The van der Waals surface area contributed by atoms with Crippen molar-refractivity contribution in [3.05, 3.63) is 94.7 Å². The van der Waals surface area contributed by atoms with Crippen molar-refractivity contribution < 1.29 is 23.8 Å². The fourth-order valence-corrected chi connectivity index (χ4v) is 4.22. The first-order valence-corrected chi connectivity index (χ1v) is 11.1. The Morgan fingerprint density at radius 2 is 1.66 bits per heavy atom. The van der Waals surface area contributed by atoms with E-state index < -0.39 is 17.5 Å². The first-order valence-electron chi connectivity index (χ1n) is 11.1. The van der Waals surface area contributed by atoms with Gasteiger partial charge in [0, 0.05) is 11.1 Å². The molecule has 0 atom stereocenters. The Morgan fingerprint density at radius 3 is 2.40 bits per heavy atom. The van der Waals surface area contributed by atoms with E-state index in [0.717, 1.165) is 34.5 Å². The highest BCUT2D eigenvalue weighted by Crippen LogP contribution is 2.36.